The molecule has 0 unspecified atom stereocenters. The van der Waals surface area contributed by atoms with Crippen molar-refractivity contribution in [2.75, 3.05) is 11.9 Å². The lowest BCUT2D eigenvalue weighted by molar-refractivity contribution is -0.137. The highest BCUT2D eigenvalue weighted by molar-refractivity contribution is 6.30. The molecule has 0 aliphatic heterocycles. The van der Waals surface area contributed by atoms with Crippen LogP contribution in [0.2, 0.25) is 5.02 Å². The predicted molar refractivity (Wildman–Crippen MR) is 108 cm³/mol. The number of carbonyl (C=O) groups excluding carboxylic acids is 1. The number of hydrogen-bond donors (Lipinski definition) is 2. The number of nitrogens with one attached hydrogen (secondary N) is 2. The molecule has 0 saturated heterocycles. The Bertz CT molecular complexity index is 880. The molecule has 1 aliphatic carbocycles. The summed E-state index contributed by atoms with van der Waals surface area (Å²) in [6.45, 7) is 2.17. The molecule has 0 bridgehead atoms. The van der Waals surface area contributed by atoms with Crippen LogP contribution in [0, 0.1) is 12.8 Å². The first kappa shape index (κ1) is 21.4. The molecule has 1 aromatic heterocycles. The minimum absolute atomic E-state index is 0.00609. The molecule has 4 nitrogen and oxygen atoms in total. The molecule has 1 aliphatic rings. The minimum atomic E-state index is -4.67. The number of aryl methyl sites for hydroxylation is 1. The zero-order valence-electron chi connectivity index (χ0n) is 16.1. The average Bonchev–Trinajstić information content (AvgIpc) is 2.68. The third-order valence-corrected chi connectivity index (χ3v) is 5.42. The summed E-state index contributed by atoms with van der Waals surface area (Å²) in [6.07, 6.45) is 1.66. The van der Waals surface area contributed by atoms with Gasteiger partial charge in [-0.3, -0.25) is 4.79 Å². The Morgan fingerprint density at radius 3 is 2.59 bits per heavy atom. The Balaban J connectivity index is 1.79. The molecule has 1 aromatic carbocycles. The van der Waals surface area contributed by atoms with Gasteiger partial charge in [0, 0.05) is 23.5 Å². The molecular formula is C21H23ClF3N3O. The highest BCUT2D eigenvalue weighted by Crippen LogP contribution is 2.34. The maximum absolute atomic E-state index is 13.6. The summed E-state index contributed by atoms with van der Waals surface area (Å²) in [5.74, 6) is -0.417. The average molecular weight is 426 g/mol. The van der Waals surface area contributed by atoms with Gasteiger partial charge in [0.1, 0.15) is 5.82 Å². The van der Waals surface area contributed by atoms with Gasteiger partial charge in [0.05, 0.1) is 11.1 Å². The van der Waals surface area contributed by atoms with E-state index in [2.05, 4.69) is 15.6 Å². The Labute approximate surface area is 172 Å². The van der Waals surface area contributed by atoms with Crippen molar-refractivity contribution in [3.8, 4) is 0 Å². The van der Waals surface area contributed by atoms with E-state index < -0.39 is 23.2 Å². The van der Waals surface area contributed by atoms with Gasteiger partial charge < -0.3 is 10.6 Å². The SMILES string of the molecule is Cc1cc(Cl)ccc1Nc1cc(C(F)(F)F)c(C(=O)NCC2CCCCC2)cn1. The van der Waals surface area contributed by atoms with Gasteiger partial charge in [-0.25, -0.2) is 4.98 Å². The molecule has 1 saturated carbocycles. The van der Waals surface area contributed by atoms with Gasteiger partial charge in [-0.1, -0.05) is 30.9 Å². The Hall–Kier alpha value is -2.28. The molecule has 1 heterocycles. The summed E-state index contributed by atoms with van der Waals surface area (Å²) in [4.78, 5) is 16.5. The molecule has 156 valence electrons. The quantitative estimate of drug-likeness (QED) is 0.607. The molecular weight excluding hydrogens is 403 g/mol. The summed E-state index contributed by atoms with van der Waals surface area (Å²) in [5, 5.41) is 6.04. The summed E-state index contributed by atoms with van der Waals surface area (Å²) in [7, 11) is 0. The van der Waals surface area contributed by atoms with Crippen molar-refractivity contribution < 1.29 is 18.0 Å². The van der Waals surface area contributed by atoms with Crippen LogP contribution in [0.5, 0.6) is 0 Å². The Morgan fingerprint density at radius 1 is 1.21 bits per heavy atom. The Morgan fingerprint density at radius 2 is 1.93 bits per heavy atom. The van der Waals surface area contributed by atoms with E-state index in [-0.39, 0.29) is 5.82 Å². The van der Waals surface area contributed by atoms with Crippen LogP contribution in [0.3, 0.4) is 0 Å². The van der Waals surface area contributed by atoms with Crippen molar-refractivity contribution in [2.24, 2.45) is 5.92 Å². The van der Waals surface area contributed by atoms with Crippen molar-refractivity contribution in [3.63, 3.8) is 0 Å². The maximum atomic E-state index is 13.6. The largest absolute Gasteiger partial charge is 0.417 e. The zero-order valence-corrected chi connectivity index (χ0v) is 16.8. The number of pyridine rings is 1. The fraction of sp³-hybridized carbons (Fsp3) is 0.429. The lowest BCUT2D eigenvalue weighted by atomic mass is 9.89. The predicted octanol–water partition coefficient (Wildman–Crippen LogP) is 6.12. The smallest absolute Gasteiger partial charge is 0.352 e. The van der Waals surface area contributed by atoms with Gasteiger partial charge in [-0.05, 0) is 55.5 Å². The Kier molecular flexibility index (Phi) is 6.67. The van der Waals surface area contributed by atoms with E-state index in [9.17, 15) is 18.0 Å². The molecule has 0 atom stereocenters. The van der Waals surface area contributed by atoms with E-state index >= 15 is 0 Å². The van der Waals surface area contributed by atoms with Crippen molar-refractivity contribution in [1.82, 2.24) is 10.3 Å². The van der Waals surface area contributed by atoms with Crippen molar-refractivity contribution in [2.45, 2.75) is 45.2 Å². The fourth-order valence-corrected chi connectivity index (χ4v) is 3.79. The van der Waals surface area contributed by atoms with Crippen LogP contribution >= 0.6 is 11.6 Å². The van der Waals surface area contributed by atoms with Gasteiger partial charge in [0.15, 0.2) is 0 Å². The summed E-state index contributed by atoms with van der Waals surface area (Å²) in [6, 6.07) is 5.86. The van der Waals surface area contributed by atoms with Gasteiger partial charge in [-0.15, -0.1) is 0 Å². The highest BCUT2D eigenvalue weighted by Gasteiger charge is 2.36. The molecule has 8 heteroatoms. The topological polar surface area (TPSA) is 54.0 Å². The van der Waals surface area contributed by atoms with Crippen LogP contribution in [0.25, 0.3) is 0 Å². The number of carbonyl (C=O) groups is 1. The van der Waals surface area contributed by atoms with Gasteiger partial charge in [0.25, 0.3) is 5.91 Å². The first-order valence-corrected chi connectivity index (χ1v) is 10.0. The number of nitrogens with zero attached hydrogens (tertiary/aromatic N) is 1. The lowest BCUT2D eigenvalue weighted by Gasteiger charge is -2.22. The van der Waals surface area contributed by atoms with Gasteiger partial charge in [-0.2, -0.15) is 13.2 Å². The third-order valence-electron chi connectivity index (χ3n) is 5.18. The van der Waals surface area contributed by atoms with E-state index in [1.54, 1.807) is 25.1 Å². The number of halogens is 4. The van der Waals surface area contributed by atoms with E-state index in [0.29, 0.717) is 23.2 Å². The maximum Gasteiger partial charge on any atom is 0.417 e. The van der Waals surface area contributed by atoms with Crippen molar-refractivity contribution >= 4 is 29.0 Å². The highest BCUT2D eigenvalue weighted by atomic mass is 35.5. The van der Waals surface area contributed by atoms with Crippen LogP contribution in [0.15, 0.2) is 30.5 Å². The minimum Gasteiger partial charge on any atom is -0.352 e. The van der Waals surface area contributed by atoms with Crippen LogP contribution in [0.4, 0.5) is 24.7 Å². The first-order valence-electron chi connectivity index (χ1n) is 9.62. The lowest BCUT2D eigenvalue weighted by Crippen LogP contribution is -2.32. The van der Waals surface area contributed by atoms with Gasteiger partial charge >= 0.3 is 6.18 Å². The number of anilines is 2. The third kappa shape index (κ3) is 5.63. The first-order chi connectivity index (χ1) is 13.7. The molecule has 0 radical (unpaired) electrons. The summed E-state index contributed by atoms with van der Waals surface area (Å²) < 4.78 is 40.8. The van der Waals surface area contributed by atoms with E-state index in [0.717, 1.165) is 43.5 Å². The van der Waals surface area contributed by atoms with Crippen molar-refractivity contribution in [3.05, 3.63) is 52.2 Å². The summed E-state index contributed by atoms with van der Waals surface area (Å²) in [5.41, 5.74) is -0.124. The second-order valence-electron chi connectivity index (χ2n) is 7.41. The van der Waals surface area contributed by atoms with Crippen LogP contribution in [-0.2, 0) is 6.18 Å². The number of hydrogen-bond acceptors (Lipinski definition) is 3. The van der Waals surface area contributed by atoms with Crippen molar-refractivity contribution in [1.29, 1.82) is 0 Å². The molecule has 2 aromatic rings. The van der Waals surface area contributed by atoms with E-state index in [4.69, 9.17) is 11.6 Å². The molecule has 0 spiro atoms. The normalized spacial score (nSPS) is 15.2. The number of rotatable bonds is 5. The van der Waals surface area contributed by atoms with Crippen LogP contribution < -0.4 is 10.6 Å². The molecule has 1 amide bonds. The second-order valence-corrected chi connectivity index (χ2v) is 7.85. The zero-order chi connectivity index (χ0) is 21.0. The molecule has 3 rings (SSSR count). The monoisotopic (exact) mass is 425 g/mol. The van der Waals surface area contributed by atoms with E-state index in [1.165, 1.54) is 6.42 Å². The van der Waals surface area contributed by atoms with Crippen LogP contribution in [-0.4, -0.2) is 17.4 Å². The molecule has 2 N–H and O–H groups in total. The number of benzene rings is 1. The standard InChI is InChI=1S/C21H23ClF3N3O/c1-13-9-15(22)7-8-18(13)28-19-10-17(21(23,24)25)16(12-26-19)20(29)27-11-14-5-3-2-4-6-14/h7-10,12,14H,2-6,11H2,1H3,(H,26,28)(H,27,29). The fourth-order valence-electron chi connectivity index (χ4n) is 3.57. The van der Waals surface area contributed by atoms with Crippen LogP contribution in [0.1, 0.15) is 53.6 Å². The number of aromatic nitrogens is 1. The van der Waals surface area contributed by atoms with Gasteiger partial charge in [0.2, 0.25) is 0 Å². The summed E-state index contributed by atoms with van der Waals surface area (Å²) >= 11 is 5.91. The number of alkyl halides is 3. The van der Waals surface area contributed by atoms with E-state index in [1.807, 2.05) is 0 Å². The molecule has 1 fully saturated rings. The second kappa shape index (κ2) is 9.03. The molecule has 29 heavy (non-hydrogen) atoms. The number of amides is 1.